The molecule has 12 nitrogen and oxygen atoms in total. The lowest BCUT2D eigenvalue weighted by atomic mass is 9.83. The molecule has 2 unspecified atom stereocenters. The summed E-state index contributed by atoms with van der Waals surface area (Å²) in [7, 11) is -3.48. The van der Waals surface area contributed by atoms with Gasteiger partial charge >= 0.3 is 0 Å². The highest BCUT2D eigenvalue weighted by Crippen LogP contribution is 2.29. The number of nitrogens with zero attached hydrogens (tertiary/aromatic N) is 5. The van der Waals surface area contributed by atoms with E-state index in [0.717, 1.165) is 125 Å². The van der Waals surface area contributed by atoms with Gasteiger partial charge in [-0.1, -0.05) is 266 Å². The highest BCUT2D eigenvalue weighted by Gasteiger charge is 2.30. The van der Waals surface area contributed by atoms with E-state index in [0.29, 0.717) is 42.9 Å². The van der Waals surface area contributed by atoms with Crippen LogP contribution in [-0.4, -0.2) is 122 Å². The fraction of sp³-hybridized carbons (Fsp3) is 0.295. The first-order valence-electron chi connectivity index (χ1n) is 35.3. The quantitative estimate of drug-likeness (QED) is 0.0985. The number of benzene rings is 9. The molecule has 1 saturated heterocycles. The van der Waals surface area contributed by atoms with E-state index >= 15 is 0 Å². The van der Waals surface area contributed by atoms with Crippen molar-refractivity contribution in [2.45, 2.75) is 98.3 Å². The van der Waals surface area contributed by atoms with Crippen LogP contribution in [0.3, 0.4) is 0 Å². The number of allylic oxidation sites excluding steroid dienone is 3. The number of carbonyl (C=O) groups excluding carboxylic acids is 4. The molecule has 5 aliphatic heterocycles. The molecule has 13 heteroatoms. The summed E-state index contributed by atoms with van der Waals surface area (Å²) in [6.07, 6.45) is 13.6. The molecule has 9 aromatic rings. The van der Waals surface area contributed by atoms with E-state index in [2.05, 4.69) is 140 Å². The third-order valence-electron chi connectivity index (χ3n) is 19.6. The van der Waals surface area contributed by atoms with E-state index in [1.54, 1.807) is 12.1 Å². The molecule has 2 atom stereocenters. The molecule has 6 aliphatic rings. The van der Waals surface area contributed by atoms with Crippen LogP contribution in [0.2, 0.25) is 0 Å². The maximum atomic E-state index is 12.4. The maximum Gasteiger partial charge on any atom is 0.253 e. The molecule has 0 bridgehead atoms. The lowest BCUT2D eigenvalue weighted by molar-refractivity contribution is 0.0913. The number of carbonyl (C=O) groups is 4. The Labute approximate surface area is 600 Å². The molecule has 1 fully saturated rings. The standard InChI is InChI=1S/3C18H19NO.C17H17NO.C16H20N2O2S.CH4/c3*1-14-6-8-16(9-7-14)18(20)13-19-11-10-15-4-2-3-5-17(15)12-19;19-17(15-7-2-1-3-8-15)13-18-11-10-14-6-4-5-9-16(14)12-18;1-13-6-8-16(9-7-13)21(19,20)17-18-11-10-14-4-2-3-5-15(14)12-18;/h3*2-9H,10-13H2,1H3;1-9H,10-13H2;2-9,14-15,17H,10-12H2,1H3;1H4. The molecule has 0 spiro atoms. The Morgan fingerprint density at radius 1 is 0.347 bits per heavy atom. The van der Waals surface area contributed by atoms with Gasteiger partial charge in [-0.3, -0.25) is 38.8 Å². The van der Waals surface area contributed by atoms with Gasteiger partial charge < -0.3 is 0 Å². The average Bonchev–Trinajstić information content (AvgIpc) is 0.850. The highest BCUT2D eigenvalue weighted by molar-refractivity contribution is 7.89. The molecule has 1 N–H and O–H groups in total. The van der Waals surface area contributed by atoms with Crippen LogP contribution in [0.5, 0.6) is 0 Å². The van der Waals surface area contributed by atoms with Gasteiger partial charge in [0.2, 0.25) is 0 Å². The van der Waals surface area contributed by atoms with Crippen molar-refractivity contribution >= 4 is 33.2 Å². The van der Waals surface area contributed by atoms with Gasteiger partial charge in [0, 0.05) is 87.7 Å². The number of ketones is 4. The second-order valence-corrected chi connectivity index (χ2v) is 29.0. The van der Waals surface area contributed by atoms with Crippen molar-refractivity contribution in [2.75, 3.05) is 65.4 Å². The van der Waals surface area contributed by atoms with Crippen molar-refractivity contribution < 1.29 is 27.6 Å². The zero-order valence-electron chi connectivity index (χ0n) is 58.4. The predicted molar refractivity (Wildman–Crippen MR) is 409 cm³/mol. The molecular weight excluding hydrogens is 1270 g/mol. The van der Waals surface area contributed by atoms with Crippen LogP contribution < -0.4 is 4.83 Å². The Bertz CT molecular complexity index is 4130. The summed E-state index contributed by atoms with van der Waals surface area (Å²) in [4.78, 5) is 61.0. The monoisotopic (exact) mass is 1370 g/mol. The van der Waals surface area contributed by atoms with Gasteiger partial charge in [-0.25, -0.2) is 13.4 Å². The fourth-order valence-electron chi connectivity index (χ4n) is 13.7. The molecule has 0 amide bonds. The van der Waals surface area contributed by atoms with Gasteiger partial charge in [0.15, 0.2) is 23.1 Å². The molecule has 101 heavy (non-hydrogen) atoms. The Hall–Kier alpha value is -9.15. The van der Waals surface area contributed by atoms with Crippen LogP contribution in [0.15, 0.2) is 254 Å². The van der Waals surface area contributed by atoms with Crippen molar-refractivity contribution in [1.82, 2.24) is 29.4 Å². The number of aryl methyl sites for hydroxylation is 4. The summed E-state index contributed by atoms with van der Waals surface area (Å²) >= 11 is 0. The third-order valence-corrected chi connectivity index (χ3v) is 21.0. The second-order valence-electron chi connectivity index (χ2n) is 27.3. The van der Waals surface area contributed by atoms with E-state index in [1.165, 1.54) is 61.2 Å². The largest absolute Gasteiger partial charge is 0.293 e. The van der Waals surface area contributed by atoms with E-state index in [1.807, 2.05) is 154 Å². The van der Waals surface area contributed by atoms with Gasteiger partial charge in [0.25, 0.3) is 10.0 Å². The van der Waals surface area contributed by atoms with Crippen LogP contribution in [0, 0.1) is 39.5 Å². The Morgan fingerprint density at radius 2 is 0.624 bits per heavy atom. The Morgan fingerprint density at radius 3 is 0.950 bits per heavy atom. The van der Waals surface area contributed by atoms with Gasteiger partial charge in [-0.05, 0) is 128 Å². The summed E-state index contributed by atoms with van der Waals surface area (Å²) in [6.45, 7) is 19.0. The smallest absolute Gasteiger partial charge is 0.253 e. The van der Waals surface area contributed by atoms with E-state index in [-0.39, 0.29) is 30.6 Å². The minimum Gasteiger partial charge on any atom is -0.293 e. The number of fused-ring (bicyclic) bond motifs is 5. The van der Waals surface area contributed by atoms with Gasteiger partial charge in [-0.15, -0.1) is 4.83 Å². The second kappa shape index (κ2) is 36.5. The third kappa shape index (κ3) is 21.7. The number of sulfonamides is 1. The summed E-state index contributed by atoms with van der Waals surface area (Å²) in [5.41, 5.74) is 19.0. The molecule has 0 saturated carbocycles. The van der Waals surface area contributed by atoms with E-state index in [4.69, 9.17) is 0 Å². The number of Topliss-reactive ketones (excluding diaryl/α,β-unsaturated/α-hetero) is 4. The van der Waals surface area contributed by atoms with Crippen LogP contribution in [0.4, 0.5) is 0 Å². The summed E-state index contributed by atoms with van der Waals surface area (Å²) < 4.78 is 24.8. The SMILES string of the molecule is C.Cc1ccc(C(=O)CN2CCc3ccccc3C2)cc1.Cc1ccc(C(=O)CN2CCc3ccccc3C2)cc1.Cc1ccc(C(=O)CN2CCc3ccccc3C2)cc1.Cc1ccc(S(=O)(=O)NN2CCC3C=CC=CC3C2)cc1.O=C(CN1CCc2ccccc2C1)c1ccccc1. The lowest BCUT2D eigenvalue weighted by Crippen LogP contribution is -2.49. The first-order valence-corrected chi connectivity index (χ1v) is 36.8. The molecule has 0 radical (unpaired) electrons. The zero-order valence-corrected chi connectivity index (χ0v) is 59.2. The molecular formula is C88H98N6O6S. The van der Waals surface area contributed by atoms with Crippen molar-refractivity contribution in [1.29, 1.82) is 0 Å². The van der Waals surface area contributed by atoms with E-state index in [9.17, 15) is 27.6 Å². The zero-order chi connectivity index (χ0) is 69.8. The van der Waals surface area contributed by atoms with Crippen LogP contribution in [0.25, 0.3) is 0 Å². The Kier molecular flexibility index (Phi) is 26.9. The minimum atomic E-state index is -3.48. The highest BCUT2D eigenvalue weighted by atomic mass is 32.2. The first-order chi connectivity index (χ1) is 48.5. The first kappa shape index (κ1) is 74.5. The van der Waals surface area contributed by atoms with Crippen molar-refractivity contribution in [3.63, 3.8) is 0 Å². The van der Waals surface area contributed by atoms with E-state index < -0.39 is 10.0 Å². The number of hydrogen-bond donors (Lipinski definition) is 1. The average molecular weight is 1370 g/mol. The molecule has 9 aromatic carbocycles. The number of rotatable bonds is 15. The van der Waals surface area contributed by atoms with Crippen molar-refractivity contribution in [3.8, 4) is 0 Å². The van der Waals surface area contributed by atoms with Gasteiger partial charge in [-0.2, -0.15) is 0 Å². The molecule has 1 aliphatic carbocycles. The van der Waals surface area contributed by atoms with Crippen molar-refractivity contribution in [3.05, 3.63) is 338 Å². The number of piperidine rings is 1. The summed E-state index contributed by atoms with van der Waals surface area (Å²) in [5, 5.41) is 1.82. The van der Waals surface area contributed by atoms with Crippen molar-refractivity contribution in [2.24, 2.45) is 11.8 Å². The molecule has 5 heterocycles. The van der Waals surface area contributed by atoms with Crippen LogP contribution >= 0.6 is 0 Å². The Balaban J connectivity index is 0.000000136. The number of hydrazine groups is 1. The summed E-state index contributed by atoms with van der Waals surface area (Å²) in [5.74, 6) is 1.78. The predicted octanol–water partition coefficient (Wildman–Crippen LogP) is 15.5. The van der Waals surface area contributed by atoms with Gasteiger partial charge in [0.1, 0.15) is 0 Å². The lowest BCUT2D eigenvalue weighted by Gasteiger charge is -2.36. The molecule has 0 aromatic heterocycles. The number of nitrogens with one attached hydrogen (secondary N) is 1. The number of hydrogen-bond acceptors (Lipinski definition) is 11. The van der Waals surface area contributed by atoms with Gasteiger partial charge in [0.05, 0.1) is 31.1 Å². The minimum absolute atomic E-state index is 0. The topological polar surface area (TPSA) is 131 Å². The van der Waals surface area contributed by atoms with Crippen LogP contribution in [0.1, 0.15) is 122 Å². The van der Waals surface area contributed by atoms with Crippen LogP contribution in [-0.2, 0) is 61.9 Å². The maximum absolute atomic E-state index is 12.4. The summed E-state index contributed by atoms with van der Waals surface area (Å²) in [6, 6.07) is 74.1. The molecule has 522 valence electrons. The fourth-order valence-corrected chi connectivity index (χ4v) is 14.8. The molecule has 15 rings (SSSR count). The normalized spacial score (nSPS) is 17.0.